The second-order valence-electron chi connectivity index (χ2n) is 5.09. The molecule has 0 aliphatic heterocycles. The van der Waals surface area contributed by atoms with E-state index in [4.69, 9.17) is 4.74 Å². The summed E-state index contributed by atoms with van der Waals surface area (Å²) in [6.07, 6.45) is -0.572. The smallest absolute Gasteiger partial charge is 0.122 e. The predicted molar refractivity (Wildman–Crippen MR) is 90.0 cm³/mol. The Morgan fingerprint density at radius 3 is 2.71 bits per heavy atom. The van der Waals surface area contributed by atoms with Gasteiger partial charge in [0, 0.05) is 16.7 Å². The van der Waals surface area contributed by atoms with Crippen molar-refractivity contribution < 1.29 is 9.84 Å². The molecule has 1 unspecified atom stereocenters. The van der Waals surface area contributed by atoms with Gasteiger partial charge in [0.2, 0.25) is 0 Å². The number of nitrogens with one attached hydrogen (secondary N) is 1. The van der Waals surface area contributed by atoms with Crippen molar-refractivity contribution >= 4 is 21.6 Å². The maximum atomic E-state index is 10.0. The minimum Gasteiger partial charge on any atom is -0.491 e. The number of aliphatic hydroxyl groups is 1. The third-order valence-electron chi connectivity index (χ3n) is 3.17. The summed E-state index contributed by atoms with van der Waals surface area (Å²) in [5.74, 6) is 0.813. The number of rotatable bonds is 6. The maximum Gasteiger partial charge on any atom is 0.122 e. The zero-order valence-corrected chi connectivity index (χ0v) is 13.9. The maximum absolute atomic E-state index is 10.0. The van der Waals surface area contributed by atoms with Crippen LogP contribution in [0.4, 0.5) is 5.69 Å². The van der Waals surface area contributed by atoms with E-state index in [1.807, 2.05) is 56.3 Å². The molecule has 21 heavy (non-hydrogen) atoms. The van der Waals surface area contributed by atoms with Gasteiger partial charge in [0.05, 0.1) is 0 Å². The second kappa shape index (κ2) is 7.48. The van der Waals surface area contributed by atoms with Crippen LogP contribution in [0, 0.1) is 13.8 Å². The summed E-state index contributed by atoms with van der Waals surface area (Å²) in [5, 5.41) is 13.2. The summed E-state index contributed by atoms with van der Waals surface area (Å²) in [7, 11) is 0. The van der Waals surface area contributed by atoms with Gasteiger partial charge in [0.1, 0.15) is 18.5 Å². The molecule has 2 rings (SSSR count). The van der Waals surface area contributed by atoms with E-state index >= 15 is 0 Å². The molecule has 2 aromatic rings. The van der Waals surface area contributed by atoms with Crippen molar-refractivity contribution in [1.29, 1.82) is 0 Å². The van der Waals surface area contributed by atoms with E-state index < -0.39 is 6.10 Å². The van der Waals surface area contributed by atoms with E-state index in [-0.39, 0.29) is 6.61 Å². The fraction of sp³-hybridized carbons (Fsp3) is 0.294. The molecule has 0 saturated carbocycles. The number of aliphatic hydroxyl groups excluding tert-OH is 1. The van der Waals surface area contributed by atoms with Crippen molar-refractivity contribution in [2.75, 3.05) is 18.5 Å². The first kappa shape index (κ1) is 15.9. The molecule has 1 atom stereocenters. The number of benzene rings is 2. The average molecular weight is 350 g/mol. The van der Waals surface area contributed by atoms with Crippen LogP contribution in [0.5, 0.6) is 5.75 Å². The lowest BCUT2D eigenvalue weighted by atomic mass is 10.2. The van der Waals surface area contributed by atoms with Crippen LogP contribution in [-0.2, 0) is 0 Å². The molecule has 3 nitrogen and oxygen atoms in total. The summed E-state index contributed by atoms with van der Waals surface area (Å²) in [6.45, 7) is 4.73. The van der Waals surface area contributed by atoms with Gasteiger partial charge in [-0.3, -0.25) is 0 Å². The largest absolute Gasteiger partial charge is 0.491 e. The van der Waals surface area contributed by atoms with Gasteiger partial charge in [-0.1, -0.05) is 24.3 Å². The number of aryl methyl sites for hydroxylation is 2. The van der Waals surface area contributed by atoms with Crippen molar-refractivity contribution in [3.05, 3.63) is 58.1 Å². The third-order valence-corrected chi connectivity index (χ3v) is 3.87. The molecule has 2 aromatic carbocycles. The van der Waals surface area contributed by atoms with Gasteiger partial charge in [-0.25, -0.2) is 0 Å². The number of ether oxygens (including phenoxy) is 1. The van der Waals surface area contributed by atoms with E-state index in [0.717, 1.165) is 21.5 Å². The van der Waals surface area contributed by atoms with E-state index in [0.29, 0.717) is 6.54 Å². The number of anilines is 1. The van der Waals surface area contributed by atoms with Crippen molar-refractivity contribution in [3.63, 3.8) is 0 Å². The highest BCUT2D eigenvalue weighted by Gasteiger charge is 2.08. The molecule has 0 aromatic heterocycles. The highest BCUT2D eigenvalue weighted by Crippen LogP contribution is 2.23. The van der Waals surface area contributed by atoms with Crippen LogP contribution in [0.1, 0.15) is 11.1 Å². The number of halogens is 1. The minimum atomic E-state index is -0.572. The summed E-state index contributed by atoms with van der Waals surface area (Å²) < 4.78 is 6.63. The van der Waals surface area contributed by atoms with Gasteiger partial charge in [-0.15, -0.1) is 0 Å². The number of para-hydroxylation sites is 1. The molecule has 0 radical (unpaired) electrons. The summed E-state index contributed by atoms with van der Waals surface area (Å²) in [5.41, 5.74) is 3.22. The minimum absolute atomic E-state index is 0.265. The zero-order chi connectivity index (χ0) is 15.2. The first-order chi connectivity index (χ1) is 10.1. The molecule has 0 amide bonds. The fourth-order valence-electron chi connectivity index (χ4n) is 1.97. The van der Waals surface area contributed by atoms with E-state index in [9.17, 15) is 5.11 Å². The molecule has 0 heterocycles. The van der Waals surface area contributed by atoms with E-state index in [1.54, 1.807) is 0 Å². The van der Waals surface area contributed by atoms with Crippen LogP contribution < -0.4 is 10.1 Å². The third kappa shape index (κ3) is 4.76. The average Bonchev–Trinajstić information content (AvgIpc) is 2.47. The molecule has 0 saturated heterocycles. The molecule has 0 fully saturated rings. The molecular weight excluding hydrogens is 330 g/mol. The van der Waals surface area contributed by atoms with Crippen LogP contribution in [0.25, 0.3) is 0 Å². The lowest BCUT2D eigenvalue weighted by molar-refractivity contribution is 0.117. The van der Waals surface area contributed by atoms with Crippen LogP contribution in [0.15, 0.2) is 46.9 Å². The van der Waals surface area contributed by atoms with Gasteiger partial charge in [0.15, 0.2) is 0 Å². The molecule has 0 aliphatic carbocycles. The van der Waals surface area contributed by atoms with E-state index in [1.165, 1.54) is 5.56 Å². The first-order valence-electron chi connectivity index (χ1n) is 6.93. The van der Waals surface area contributed by atoms with E-state index in [2.05, 4.69) is 21.2 Å². The highest BCUT2D eigenvalue weighted by atomic mass is 79.9. The van der Waals surface area contributed by atoms with Crippen molar-refractivity contribution in [2.45, 2.75) is 20.0 Å². The van der Waals surface area contributed by atoms with Crippen LogP contribution >= 0.6 is 15.9 Å². The Hall–Kier alpha value is -1.52. The summed E-state index contributed by atoms with van der Waals surface area (Å²) >= 11 is 3.49. The summed E-state index contributed by atoms with van der Waals surface area (Å²) in [4.78, 5) is 0. The van der Waals surface area contributed by atoms with Crippen molar-refractivity contribution in [3.8, 4) is 5.75 Å². The molecule has 4 heteroatoms. The number of hydrogen-bond donors (Lipinski definition) is 2. The van der Waals surface area contributed by atoms with Crippen LogP contribution in [0.3, 0.4) is 0 Å². The normalized spacial score (nSPS) is 12.0. The molecule has 112 valence electrons. The van der Waals surface area contributed by atoms with Crippen LogP contribution in [0.2, 0.25) is 0 Å². The molecular formula is C17H20BrNO2. The SMILES string of the molecule is Cc1ccc(Br)c(NCC(O)COc2ccccc2C)c1. The molecule has 0 bridgehead atoms. The zero-order valence-electron chi connectivity index (χ0n) is 12.3. The predicted octanol–water partition coefficient (Wildman–Crippen LogP) is 3.92. The lowest BCUT2D eigenvalue weighted by Crippen LogP contribution is -2.26. The topological polar surface area (TPSA) is 41.5 Å². The monoisotopic (exact) mass is 349 g/mol. The Morgan fingerprint density at radius 1 is 1.19 bits per heavy atom. The lowest BCUT2D eigenvalue weighted by Gasteiger charge is -2.16. The quantitative estimate of drug-likeness (QED) is 0.830. The van der Waals surface area contributed by atoms with Gasteiger partial charge in [-0.2, -0.15) is 0 Å². The highest BCUT2D eigenvalue weighted by molar-refractivity contribution is 9.10. The fourth-order valence-corrected chi connectivity index (χ4v) is 2.35. The van der Waals surface area contributed by atoms with Crippen molar-refractivity contribution in [2.24, 2.45) is 0 Å². The van der Waals surface area contributed by atoms with Gasteiger partial charge in [-0.05, 0) is 59.1 Å². The molecule has 0 spiro atoms. The van der Waals surface area contributed by atoms with Gasteiger partial charge >= 0.3 is 0 Å². The van der Waals surface area contributed by atoms with Gasteiger partial charge < -0.3 is 15.2 Å². The Balaban J connectivity index is 1.84. The Morgan fingerprint density at radius 2 is 1.95 bits per heavy atom. The standard InChI is InChI=1S/C17H20BrNO2/c1-12-7-8-15(18)16(9-12)19-10-14(20)11-21-17-6-4-3-5-13(17)2/h3-9,14,19-20H,10-11H2,1-2H3. The number of hydrogen-bond acceptors (Lipinski definition) is 3. The van der Waals surface area contributed by atoms with Gasteiger partial charge in [0.25, 0.3) is 0 Å². The first-order valence-corrected chi connectivity index (χ1v) is 7.72. The van der Waals surface area contributed by atoms with Crippen molar-refractivity contribution in [1.82, 2.24) is 0 Å². The Labute approximate surface area is 134 Å². The molecule has 2 N–H and O–H groups in total. The Bertz CT molecular complexity index is 601. The second-order valence-corrected chi connectivity index (χ2v) is 5.95. The molecule has 0 aliphatic rings. The summed E-state index contributed by atoms with van der Waals surface area (Å²) in [6, 6.07) is 13.9. The Kier molecular flexibility index (Phi) is 5.65. The van der Waals surface area contributed by atoms with Crippen LogP contribution in [-0.4, -0.2) is 24.4 Å².